The summed E-state index contributed by atoms with van der Waals surface area (Å²) >= 11 is 0. The van der Waals surface area contributed by atoms with Gasteiger partial charge in [0, 0.05) is 35.5 Å². The number of rotatable bonds is 5. The summed E-state index contributed by atoms with van der Waals surface area (Å²) in [6, 6.07) is 7.82. The topological polar surface area (TPSA) is 77.8 Å². The fourth-order valence-electron chi connectivity index (χ4n) is 3.71. The van der Waals surface area contributed by atoms with Crippen LogP contribution in [0.4, 0.5) is 0 Å². The van der Waals surface area contributed by atoms with Crippen molar-refractivity contribution in [3.63, 3.8) is 0 Å². The third-order valence-electron chi connectivity index (χ3n) is 4.96. The van der Waals surface area contributed by atoms with Crippen LogP contribution >= 0.6 is 0 Å². The maximum Gasteiger partial charge on any atom is 0.325 e. The van der Waals surface area contributed by atoms with E-state index in [-0.39, 0.29) is 30.9 Å². The van der Waals surface area contributed by atoms with Gasteiger partial charge in [0.1, 0.15) is 13.1 Å². The normalized spacial score (nSPS) is 17.0. The molecule has 1 amide bonds. The van der Waals surface area contributed by atoms with Crippen LogP contribution in [0.15, 0.2) is 24.3 Å². The van der Waals surface area contributed by atoms with Crippen molar-refractivity contribution in [3.8, 4) is 0 Å². The first-order chi connectivity index (χ1) is 12.5. The van der Waals surface area contributed by atoms with Gasteiger partial charge in [0.05, 0.1) is 14.2 Å². The van der Waals surface area contributed by atoms with E-state index in [9.17, 15) is 14.4 Å². The number of fused-ring (bicyclic) bond motifs is 1. The van der Waals surface area contributed by atoms with Gasteiger partial charge >= 0.3 is 11.9 Å². The Bertz CT molecular complexity index is 870. The van der Waals surface area contributed by atoms with Gasteiger partial charge in [-0.15, -0.1) is 0 Å². The van der Waals surface area contributed by atoms with E-state index >= 15 is 0 Å². The van der Waals surface area contributed by atoms with Crippen LogP contribution in [0.5, 0.6) is 0 Å². The molecule has 0 N–H and O–H groups in total. The lowest BCUT2D eigenvalue weighted by Crippen LogP contribution is -2.31. The molecule has 0 aliphatic carbocycles. The molecule has 1 aromatic heterocycles. The van der Waals surface area contributed by atoms with Crippen LogP contribution in [0.1, 0.15) is 23.6 Å². The van der Waals surface area contributed by atoms with E-state index < -0.39 is 5.97 Å². The standard InChI is InChI=1S/C19H22N2O5/c1-12-19(13-8-16(22)20(9-13)10-17(23)25-2)14-6-4-5-7-15(14)21(12)11-18(24)26-3/h4-7,13H,8-11H2,1-3H3. The second-order valence-electron chi connectivity index (χ2n) is 6.43. The van der Waals surface area contributed by atoms with Crippen molar-refractivity contribution in [2.45, 2.75) is 25.8 Å². The van der Waals surface area contributed by atoms with Crippen LogP contribution < -0.4 is 0 Å². The molecule has 1 fully saturated rings. The van der Waals surface area contributed by atoms with E-state index in [1.54, 1.807) is 0 Å². The van der Waals surface area contributed by atoms with E-state index in [0.717, 1.165) is 22.2 Å². The zero-order valence-corrected chi connectivity index (χ0v) is 15.2. The maximum atomic E-state index is 12.3. The highest BCUT2D eigenvalue weighted by Crippen LogP contribution is 2.37. The summed E-state index contributed by atoms with van der Waals surface area (Å²) in [6.45, 7) is 2.49. The number of esters is 2. The highest BCUT2D eigenvalue weighted by atomic mass is 16.5. The Morgan fingerprint density at radius 2 is 1.77 bits per heavy atom. The minimum atomic E-state index is -0.427. The van der Waals surface area contributed by atoms with Gasteiger partial charge < -0.3 is 18.9 Å². The Hall–Kier alpha value is -2.83. The van der Waals surface area contributed by atoms with Crippen LogP contribution in [0.25, 0.3) is 10.9 Å². The minimum Gasteiger partial charge on any atom is -0.468 e. The number of para-hydroxylation sites is 1. The average molecular weight is 358 g/mol. The quantitative estimate of drug-likeness (QED) is 0.759. The highest BCUT2D eigenvalue weighted by molar-refractivity contribution is 5.90. The van der Waals surface area contributed by atoms with Crippen molar-refractivity contribution in [3.05, 3.63) is 35.5 Å². The number of hydrogen-bond acceptors (Lipinski definition) is 5. The van der Waals surface area contributed by atoms with Crippen molar-refractivity contribution in [2.24, 2.45) is 0 Å². The summed E-state index contributed by atoms with van der Waals surface area (Å²) in [5.74, 6) is -0.848. The van der Waals surface area contributed by atoms with E-state index in [0.29, 0.717) is 13.0 Å². The minimum absolute atomic E-state index is 0.0315. The second-order valence-corrected chi connectivity index (χ2v) is 6.43. The SMILES string of the molecule is COC(=O)CN1CC(c2c(C)n(CC(=O)OC)c3ccccc23)CC1=O. The number of carbonyl (C=O) groups excluding carboxylic acids is 3. The smallest absolute Gasteiger partial charge is 0.325 e. The first kappa shape index (κ1) is 18.0. The van der Waals surface area contributed by atoms with Crippen LogP contribution in [0.3, 0.4) is 0 Å². The lowest BCUT2D eigenvalue weighted by molar-refractivity contribution is -0.145. The van der Waals surface area contributed by atoms with Gasteiger partial charge in [-0.3, -0.25) is 14.4 Å². The number of carbonyl (C=O) groups is 3. The summed E-state index contributed by atoms with van der Waals surface area (Å²) < 4.78 is 11.4. The van der Waals surface area contributed by atoms with Crippen molar-refractivity contribution in [2.75, 3.05) is 27.3 Å². The molecule has 0 saturated carbocycles. The number of methoxy groups -OCH3 is 2. The van der Waals surface area contributed by atoms with Gasteiger partial charge in [-0.2, -0.15) is 0 Å². The average Bonchev–Trinajstić information content (AvgIpc) is 3.12. The molecule has 3 rings (SSSR count). The first-order valence-electron chi connectivity index (χ1n) is 8.45. The molecule has 1 aliphatic rings. The molecule has 2 heterocycles. The molecule has 7 nitrogen and oxygen atoms in total. The van der Waals surface area contributed by atoms with Crippen LogP contribution in [-0.2, 0) is 30.4 Å². The summed E-state index contributed by atoms with van der Waals surface area (Å²) in [6.07, 6.45) is 0.337. The van der Waals surface area contributed by atoms with Gasteiger partial charge in [-0.1, -0.05) is 18.2 Å². The molecule has 26 heavy (non-hydrogen) atoms. The molecule has 1 saturated heterocycles. The number of amides is 1. The second kappa shape index (κ2) is 7.19. The lowest BCUT2D eigenvalue weighted by Gasteiger charge is -2.15. The summed E-state index contributed by atoms with van der Waals surface area (Å²) in [4.78, 5) is 37.2. The Balaban J connectivity index is 1.98. The first-order valence-corrected chi connectivity index (χ1v) is 8.45. The van der Waals surface area contributed by atoms with Crippen molar-refractivity contribution in [1.29, 1.82) is 0 Å². The Morgan fingerprint density at radius 3 is 2.46 bits per heavy atom. The highest BCUT2D eigenvalue weighted by Gasteiger charge is 2.35. The summed E-state index contributed by atoms with van der Waals surface area (Å²) in [5, 5.41) is 1.02. The number of aromatic nitrogens is 1. The van der Waals surface area contributed by atoms with Gasteiger partial charge in [-0.25, -0.2) is 0 Å². The van der Waals surface area contributed by atoms with E-state index in [1.165, 1.54) is 19.1 Å². The van der Waals surface area contributed by atoms with Crippen molar-refractivity contribution in [1.82, 2.24) is 9.47 Å². The van der Waals surface area contributed by atoms with Gasteiger partial charge in [0.25, 0.3) is 0 Å². The largest absolute Gasteiger partial charge is 0.468 e. The number of benzene rings is 1. The molecule has 138 valence electrons. The zero-order valence-electron chi connectivity index (χ0n) is 15.2. The Labute approximate surface area is 151 Å². The third-order valence-corrected chi connectivity index (χ3v) is 4.96. The fraction of sp³-hybridized carbons (Fsp3) is 0.421. The van der Waals surface area contributed by atoms with E-state index in [2.05, 4.69) is 4.74 Å². The van der Waals surface area contributed by atoms with Gasteiger partial charge in [0.2, 0.25) is 5.91 Å². The van der Waals surface area contributed by atoms with E-state index in [4.69, 9.17) is 4.74 Å². The molecule has 1 aromatic carbocycles. The fourth-order valence-corrected chi connectivity index (χ4v) is 3.71. The van der Waals surface area contributed by atoms with Crippen LogP contribution in [0, 0.1) is 6.92 Å². The maximum absolute atomic E-state index is 12.3. The summed E-state index contributed by atoms with van der Waals surface area (Å²) in [7, 11) is 2.68. The monoisotopic (exact) mass is 358 g/mol. The van der Waals surface area contributed by atoms with Gasteiger partial charge in [0.15, 0.2) is 0 Å². The van der Waals surface area contributed by atoms with Crippen LogP contribution in [0.2, 0.25) is 0 Å². The molecular formula is C19H22N2O5. The molecule has 0 bridgehead atoms. The van der Waals surface area contributed by atoms with E-state index in [1.807, 2.05) is 35.8 Å². The Kier molecular flexibility index (Phi) is 4.97. The molecule has 0 radical (unpaired) electrons. The Morgan fingerprint density at radius 1 is 1.12 bits per heavy atom. The summed E-state index contributed by atoms with van der Waals surface area (Å²) in [5.41, 5.74) is 2.92. The third kappa shape index (κ3) is 3.16. The van der Waals surface area contributed by atoms with Crippen molar-refractivity contribution < 1.29 is 23.9 Å². The lowest BCUT2D eigenvalue weighted by atomic mass is 9.95. The number of hydrogen-bond donors (Lipinski definition) is 0. The molecular weight excluding hydrogens is 336 g/mol. The van der Waals surface area contributed by atoms with Crippen molar-refractivity contribution >= 4 is 28.7 Å². The number of nitrogens with zero attached hydrogens (tertiary/aromatic N) is 2. The number of likely N-dealkylation sites (tertiary alicyclic amines) is 1. The molecule has 1 atom stereocenters. The number of ether oxygens (including phenoxy) is 2. The molecule has 7 heteroatoms. The van der Waals surface area contributed by atoms with Gasteiger partial charge in [-0.05, 0) is 18.6 Å². The molecule has 1 aliphatic heterocycles. The predicted molar refractivity (Wildman–Crippen MR) is 94.6 cm³/mol. The molecule has 1 unspecified atom stereocenters. The molecule has 0 spiro atoms. The van der Waals surface area contributed by atoms with Crippen LogP contribution in [-0.4, -0.2) is 54.6 Å². The molecule has 2 aromatic rings. The zero-order chi connectivity index (χ0) is 18.8. The predicted octanol–water partition coefficient (Wildman–Crippen LogP) is 1.61.